The van der Waals surface area contributed by atoms with E-state index in [1.807, 2.05) is 18.2 Å². The van der Waals surface area contributed by atoms with Crippen LogP contribution in [0.25, 0.3) is 11.0 Å². The van der Waals surface area contributed by atoms with Crippen molar-refractivity contribution < 1.29 is 8.78 Å². The Morgan fingerprint density at radius 2 is 1.95 bits per heavy atom. The Hall–Kier alpha value is -1.46. The number of benzene rings is 2. The molecule has 1 heterocycles. The van der Waals surface area contributed by atoms with Crippen LogP contribution in [0.2, 0.25) is 0 Å². The van der Waals surface area contributed by atoms with Gasteiger partial charge in [0.25, 0.3) is 0 Å². The van der Waals surface area contributed by atoms with Crippen molar-refractivity contribution in [1.82, 2.24) is 9.55 Å². The summed E-state index contributed by atoms with van der Waals surface area (Å²) in [7, 11) is 0. The van der Waals surface area contributed by atoms with Crippen molar-refractivity contribution in [3.05, 3.63) is 63.9 Å². The maximum atomic E-state index is 13.8. The van der Waals surface area contributed by atoms with Gasteiger partial charge in [-0.05, 0) is 36.4 Å². The highest BCUT2D eigenvalue weighted by Gasteiger charge is 2.13. The number of halogens is 4. The maximum Gasteiger partial charge on any atom is 0.128 e. The fourth-order valence-electron chi connectivity index (χ4n) is 2.26. The Bertz CT molecular complexity index is 817. The number of rotatable bonds is 3. The van der Waals surface area contributed by atoms with E-state index in [2.05, 4.69) is 20.9 Å². The van der Waals surface area contributed by atoms with Crippen molar-refractivity contribution in [3.63, 3.8) is 0 Å². The fourth-order valence-corrected chi connectivity index (χ4v) is 2.81. The lowest BCUT2D eigenvalue weighted by molar-refractivity contribution is 0.577. The van der Waals surface area contributed by atoms with Crippen molar-refractivity contribution in [1.29, 1.82) is 0 Å². The Labute approximate surface area is 133 Å². The number of imidazole rings is 1. The van der Waals surface area contributed by atoms with Gasteiger partial charge in [-0.15, -0.1) is 11.6 Å². The molecule has 0 aliphatic carbocycles. The summed E-state index contributed by atoms with van der Waals surface area (Å²) < 4.78 is 29.8. The third-order valence-electron chi connectivity index (χ3n) is 3.25. The van der Waals surface area contributed by atoms with Crippen LogP contribution < -0.4 is 0 Å². The minimum absolute atomic E-state index is 0.179. The second kappa shape index (κ2) is 5.73. The Morgan fingerprint density at radius 1 is 1.14 bits per heavy atom. The van der Waals surface area contributed by atoms with Crippen LogP contribution in [0.5, 0.6) is 0 Å². The summed E-state index contributed by atoms with van der Waals surface area (Å²) in [6, 6.07) is 9.03. The van der Waals surface area contributed by atoms with Crippen LogP contribution in [0, 0.1) is 11.6 Å². The fraction of sp³-hybridized carbons (Fsp3) is 0.133. The SMILES string of the molecule is Fc1ccc(F)c(Cn2c(CCl)nc3ccc(Br)cc32)c1. The van der Waals surface area contributed by atoms with E-state index >= 15 is 0 Å². The summed E-state index contributed by atoms with van der Waals surface area (Å²) in [5, 5.41) is 0. The van der Waals surface area contributed by atoms with Gasteiger partial charge in [0.1, 0.15) is 17.5 Å². The summed E-state index contributed by atoms with van der Waals surface area (Å²) in [6.45, 7) is 0.179. The quantitative estimate of drug-likeness (QED) is 0.601. The van der Waals surface area contributed by atoms with Crippen molar-refractivity contribution >= 4 is 38.6 Å². The maximum absolute atomic E-state index is 13.8. The zero-order chi connectivity index (χ0) is 15.0. The first-order valence-electron chi connectivity index (χ1n) is 6.23. The molecule has 21 heavy (non-hydrogen) atoms. The number of fused-ring (bicyclic) bond motifs is 1. The topological polar surface area (TPSA) is 17.8 Å². The van der Waals surface area contributed by atoms with Crippen molar-refractivity contribution in [2.24, 2.45) is 0 Å². The van der Waals surface area contributed by atoms with Gasteiger partial charge in [-0.2, -0.15) is 0 Å². The Balaban J connectivity index is 2.14. The first-order valence-corrected chi connectivity index (χ1v) is 7.56. The number of aromatic nitrogens is 2. The average molecular weight is 372 g/mol. The molecule has 0 atom stereocenters. The summed E-state index contributed by atoms with van der Waals surface area (Å²) >= 11 is 9.32. The molecule has 0 radical (unpaired) electrons. The summed E-state index contributed by atoms with van der Waals surface area (Å²) in [6.07, 6.45) is 0. The number of alkyl halides is 1. The van der Waals surface area contributed by atoms with E-state index in [-0.39, 0.29) is 18.0 Å². The van der Waals surface area contributed by atoms with E-state index in [0.717, 1.165) is 27.6 Å². The summed E-state index contributed by atoms with van der Waals surface area (Å²) in [4.78, 5) is 4.41. The van der Waals surface area contributed by atoms with Crippen LogP contribution in [-0.2, 0) is 12.4 Å². The normalized spacial score (nSPS) is 11.2. The van der Waals surface area contributed by atoms with E-state index < -0.39 is 11.6 Å². The molecule has 0 fully saturated rings. The zero-order valence-corrected chi connectivity index (χ0v) is 13.1. The van der Waals surface area contributed by atoms with E-state index in [0.29, 0.717) is 5.82 Å². The highest BCUT2D eigenvalue weighted by atomic mass is 79.9. The third-order valence-corrected chi connectivity index (χ3v) is 3.98. The monoisotopic (exact) mass is 370 g/mol. The molecular formula is C15H10BrClF2N2. The highest BCUT2D eigenvalue weighted by molar-refractivity contribution is 9.10. The minimum atomic E-state index is -0.468. The van der Waals surface area contributed by atoms with E-state index in [1.165, 1.54) is 6.07 Å². The molecule has 0 spiro atoms. The summed E-state index contributed by atoms with van der Waals surface area (Å²) in [5.41, 5.74) is 1.86. The summed E-state index contributed by atoms with van der Waals surface area (Å²) in [5.74, 6) is -0.102. The number of nitrogens with zero attached hydrogens (tertiary/aromatic N) is 2. The molecule has 0 aliphatic heterocycles. The largest absolute Gasteiger partial charge is 0.322 e. The van der Waals surface area contributed by atoms with Crippen molar-refractivity contribution in [2.45, 2.75) is 12.4 Å². The molecule has 6 heteroatoms. The van der Waals surface area contributed by atoms with Crippen LogP contribution in [0.3, 0.4) is 0 Å². The van der Waals surface area contributed by atoms with Gasteiger partial charge in [0.15, 0.2) is 0 Å². The predicted octanol–water partition coefficient (Wildman–Crippen LogP) is 4.86. The van der Waals surface area contributed by atoms with Crippen LogP contribution in [0.4, 0.5) is 8.78 Å². The van der Waals surface area contributed by atoms with Gasteiger partial charge < -0.3 is 4.57 Å². The second-order valence-corrected chi connectivity index (χ2v) is 5.80. The molecule has 0 saturated carbocycles. The molecular weight excluding hydrogens is 362 g/mol. The third kappa shape index (κ3) is 2.80. The Morgan fingerprint density at radius 3 is 2.71 bits per heavy atom. The first-order chi connectivity index (χ1) is 10.1. The van der Waals surface area contributed by atoms with Crippen LogP contribution in [0.15, 0.2) is 40.9 Å². The molecule has 2 nitrogen and oxygen atoms in total. The average Bonchev–Trinajstić information content (AvgIpc) is 2.80. The van der Waals surface area contributed by atoms with E-state index in [9.17, 15) is 8.78 Å². The van der Waals surface area contributed by atoms with Gasteiger partial charge in [0, 0.05) is 10.0 Å². The Kier molecular flexibility index (Phi) is 3.95. The lowest BCUT2D eigenvalue weighted by Gasteiger charge is -2.09. The second-order valence-electron chi connectivity index (χ2n) is 4.62. The van der Waals surface area contributed by atoms with Crippen LogP contribution in [-0.4, -0.2) is 9.55 Å². The molecule has 0 amide bonds. The van der Waals surface area contributed by atoms with Gasteiger partial charge in [0.05, 0.1) is 23.5 Å². The highest BCUT2D eigenvalue weighted by Crippen LogP contribution is 2.24. The molecule has 0 aliphatic rings. The standard InChI is InChI=1S/C15H10BrClF2N2/c16-10-1-4-13-14(6-10)21(15(7-17)20-13)8-9-5-11(18)2-3-12(9)19/h1-6H,7-8H2. The minimum Gasteiger partial charge on any atom is -0.322 e. The van der Waals surface area contributed by atoms with Gasteiger partial charge in [-0.3, -0.25) is 0 Å². The first kappa shape index (κ1) is 14.5. The van der Waals surface area contributed by atoms with Crippen molar-refractivity contribution in [3.8, 4) is 0 Å². The zero-order valence-electron chi connectivity index (χ0n) is 10.8. The van der Waals surface area contributed by atoms with Crippen LogP contribution in [0.1, 0.15) is 11.4 Å². The van der Waals surface area contributed by atoms with Gasteiger partial charge in [-0.25, -0.2) is 13.8 Å². The molecule has 0 N–H and O–H groups in total. The molecule has 3 rings (SSSR count). The molecule has 1 aromatic heterocycles. The number of hydrogen-bond donors (Lipinski definition) is 0. The van der Waals surface area contributed by atoms with E-state index in [1.54, 1.807) is 4.57 Å². The molecule has 0 bridgehead atoms. The predicted molar refractivity (Wildman–Crippen MR) is 82.5 cm³/mol. The molecule has 0 saturated heterocycles. The number of hydrogen-bond acceptors (Lipinski definition) is 1. The lowest BCUT2D eigenvalue weighted by atomic mass is 10.2. The van der Waals surface area contributed by atoms with Gasteiger partial charge >= 0.3 is 0 Å². The van der Waals surface area contributed by atoms with E-state index in [4.69, 9.17) is 11.6 Å². The molecule has 2 aromatic carbocycles. The molecule has 108 valence electrons. The van der Waals surface area contributed by atoms with Gasteiger partial charge in [-0.1, -0.05) is 15.9 Å². The molecule has 0 unspecified atom stereocenters. The van der Waals surface area contributed by atoms with Gasteiger partial charge in [0.2, 0.25) is 0 Å². The smallest absolute Gasteiger partial charge is 0.128 e. The lowest BCUT2D eigenvalue weighted by Crippen LogP contribution is -2.06. The molecule has 3 aromatic rings. The van der Waals surface area contributed by atoms with Crippen molar-refractivity contribution in [2.75, 3.05) is 0 Å². The van der Waals surface area contributed by atoms with Crippen LogP contribution >= 0.6 is 27.5 Å².